The number of nitrogens with one attached hydrogen (secondary N) is 1. The fraction of sp³-hybridized carbons (Fsp3) is 0.929. The number of carbonyl (C=O) groups is 1. The first-order chi connectivity index (χ1) is 8.83. The lowest BCUT2D eigenvalue weighted by atomic mass is 10.0. The summed E-state index contributed by atoms with van der Waals surface area (Å²) in [4.78, 5) is 14.3. The van der Waals surface area contributed by atoms with Crippen molar-refractivity contribution in [2.24, 2.45) is 11.7 Å². The van der Waals surface area contributed by atoms with Gasteiger partial charge in [0.25, 0.3) is 0 Å². The van der Waals surface area contributed by atoms with Crippen molar-refractivity contribution in [1.29, 1.82) is 0 Å². The van der Waals surface area contributed by atoms with E-state index in [4.69, 9.17) is 10.5 Å². The first kappa shape index (κ1) is 16.4. The van der Waals surface area contributed by atoms with Crippen LogP contribution in [0.3, 0.4) is 0 Å². The zero-order chi connectivity index (χ0) is 14.5. The van der Waals surface area contributed by atoms with Gasteiger partial charge in [0.05, 0.1) is 19.3 Å². The van der Waals surface area contributed by atoms with Gasteiger partial charge in [0, 0.05) is 25.2 Å². The van der Waals surface area contributed by atoms with Crippen molar-refractivity contribution in [3.05, 3.63) is 0 Å². The van der Waals surface area contributed by atoms with E-state index in [-0.39, 0.29) is 11.4 Å². The summed E-state index contributed by atoms with van der Waals surface area (Å²) in [5, 5.41) is 2.98. The normalized spacial score (nSPS) is 19.5. The summed E-state index contributed by atoms with van der Waals surface area (Å²) in [5.41, 5.74) is 5.82. The van der Waals surface area contributed by atoms with Crippen LogP contribution in [0.15, 0.2) is 0 Å². The summed E-state index contributed by atoms with van der Waals surface area (Å²) >= 11 is 0. The highest BCUT2D eigenvalue weighted by Gasteiger charge is 2.29. The lowest BCUT2D eigenvalue weighted by molar-refractivity contribution is -0.123. The largest absolute Gasteiger partial charge is 0.379 e. The van der Waals surface area contributed by atoms with Crippen LogP contribution in [0.4, 0.5) is 0 Å². The van der Waals surface area contributed by atoms with E-state index in [1.807, 2.05) is 0 Å². The third-order valence-electron chi connectivity index (χ3n) is 3.62. The van der Waals surface area contributed by atoms with Crippen molar-refractivity contribution < 1.29 is 9.53 Å². The molecule has 1 aliphatic rings. The highest BCUT2D eigenvalue weighted by molar-refractivity contribution is 5.81. The van der Waals surface area contributed by atoms with E-state index < -0.39 is 6.04 Å². The van der Waals surface area contributed by atoms with Crippen LogP contribution < -0.4 is 11.1 Å². The number of hydrogen-bond donors (Lipinski definition) is 2. The molecule has 112 valence electrons. The minimum absolute atomic E-state index is 0.0463. The molecule has 1 unspecified atom stereocenters. The molecule has 1 heterocycles. The quantitative estimate of drug-likeness (QED) is 0.742. The number of hydrogen-bond acceptors (Lipinski definition) is 4. The van der Waals surface area contributed by atoms with Gasteiger partial charge >= 0.3 is 0 Å². The second-order valence-electron chi connectivity index (χ2n) is 6.37. The van der Waals surface area contributed by atoms with E-state index in [1.165, 1.54) is 0 Å². The van der Waals surface area contributed by atoms with Gasteiger partial charge in [-0.1, -0.05) is 13.8 Å². The van der Waals surface area contributed by atoms with Crippen LogP contribution in [0.2, 0.25) is 0 Å². The van der Waals surface area contributed by atoms with Crippen molar-refractivity contribution >= 4 is 5.91 Å². The molecular formula is C14H29N3O2. The van der Waals surface area contributed by atoms with Crippen LogP contribution in [0, 0.1) is 5.92 Å². The Morgan fingerprint density at radius 3 is 2.47 bits per heavy atom. The Morgan fingerprint density at radius 1 is 1.37 bits per heavy atom. The first-order valence-electron chi connectivity index (χ1n) is 7.19. The molecule has 1 aliphatic heterocycles. The molecule has 0 aromatic rings. The van der Waals surface area contributed by atoms with Crippen LogP contribution in [0.1, 0.15) is 34.1 Å². The van der Waals surface area contributed by atoms with Crippen molar-refractivity contribution in [1.82, 2.24) is 10.2 Å². The van der Waals surface area contributed by atoms with Gasteiger partial charge in [-0.15, -0.1) is 0 Å². The predicted molar refractivity (Wildman–Crippen MR) is 76.9 cm³/mol. The number of ether oxygens (including phenoxy) is 1. The number of morpholine rings is 1. The van der Waals surface area contributed by atoms with E-state index in [2.05, 4.69) is 37.9 Å². The van der Waals surface area contributed by atoms with Gasteiger partial charge < -0.3 is 15.8 Å². The van der Waals surface area contributed by atoms with Gasteiger partial charge in [0.15, 0.2) is 0 Å². The summed E-state index contributed by atoms with van der Waals surface area (Å²) in [6.45, 7) is 12.4. The molecule has 1 rings (SSSR count). The van der Waals surface area contributed by atoms with Gasteiger partial charge in [-0.25, -0.2) is 0 Å². The Kier molecular flexibility index (Phi) is 6.23. The lowest BCUT2D eigenvalue weighted by Crippen LogP contribution is -2.56. The van der Waals surface area contributed by atoms with E-state index in [0.717, 1.165) is 32.7 Å². The maximum absolute atomic E-state index is 11.9. The molecule has 0 spiro atoms. The molecule has 3 N–H and O–H groups in total. The third-order valence-corrected chi connectivity index (χ3v) is 3.62. The van der Waals surface area contributed by atoms with Crippen molar-refractivity contribution in [3.63, 3.8) is 0 Å². The van der Waals surface area contributed by atoms with Crippen LogP contribution in [-0.2, 0) is 9.53 Å². The summed E-state index contributed by atoms with van der Waals surface area (Å²) in [5.74, 6) is 0.392. The van der Waals surface area contributed by atoms with E-state index in [9.17, 15) is 4.79 Å². The van der Waals surface area contributed by atoms with Crippen molar-refractivity contribution in [2.75, 3.05) is 32.8 Å². The van der Waals surface area contributed by atoms with Crippen molar-refractivity contribution in [2.45, 2.75) is 45.7 Å². The van der Waals surface area contributed by atoms with E-state index in [0.29, 0.717) is 12.5 Å². The van der Waals surface area contributed by atoms with Gasteiger partial charge in [-0.2, -0.15) is 0 Å². The average Bonchev–Trinajstić information content (AvgIpc) is 2.36. The minimum atomic E-state index is -0.402. The zero-order valence-corrected chi connectivity index (χ0v) is 12.7. The fourth-order valence-electron chi connectivity index (χ4n) is 2.33. The van der Waals surface area contributed by atoms with Crippen LogP contribution in [0.5, 0.6) is 0 Å². The highest BCUT2D eigenvalue weighted by Crippen LogP contribution is 2.15. The smallest absolute Gasteiger partial charge is 0.236 e. The Balaban J connectivity index is 2.39. The van der Waals surface area contributed by atoms with Crippen LogP contribution in [-0.4, -0.2) is 55.2 Å². The Morgan fingerprint density at radius 2 is 1.95 bits per heavy atom. The molecule has 0 radical (unpaired) electrons. The molecule has 1 saturated heterocycles. The number of nitrogens with two attached hydrogens (primary N) is 1. The molecule has 0 aromatic carbocycles. The van der Waals surface area contributed by atoms with E-state index >= 15 is 0 Å². The predicted octanol–water partition coefficient (Wildman–Crippen LogP) is 0.587. The molecule has 5 nitrogen and oxygen atoms in total. The molecule has 0 aliphatic carbocycles. The van der Waals surface area contributed by atoms with E-state index in [1.54, 1.807) is 0 Å². The molecule has 19 heavy (non-hydrogen) atoms. The zero-order valence-electron chi connectivity index (χ0n) is 12.7. The van der Waals surface area contributed by atoms with Gasteiger partial charge in [0.2, 0.25) is 5.91 Å². The second kappa shape index (κ2) is 7.22. The number of carbonyl (C=O) groups excluding carboxylic acids is 1. The monoisotopic (exact) mass is 271 g/mol. The first-order valence-corrected chi connectivity index (χ1v) is 7.19. The summed E-state index contributed by atoms with van der Waals surface area (Å²) < 4.78 is 5.35. The minimum Gasteiger partial charge on any atom is -0.379 e. The summed E-state index contributed by atoms with van der Waals surface area (Å²) in [6.07, 6.45) is 0.726. The molecule has 5 heteroatoms. The molecule has 1 atom stereocenters. The molecule has 0 saturated carbocycles. The fourth-order valence-corrected chi connectivity index (χ4v) is 2.33. The molecular weight excluding hydrogens is 242 g/mol. The Labute approximate surface area is 116 Å². The van der Waals surface area contributed by atoms with Gasteiger partial charge in [0.1, 0.15) is 0 Å². The molecule has 0 aromatic heterocycles. The number of nitrogens with zero attached hydrogens (tertiary/aromatic N) is 1. The van der Waals surface area contributed by atoms with Crippen LogP contribution in [0.25, 0.3) is 0 Å². The molecule has 0 bridgehead atoms. The highest BCUT2D eigenvalue weighted by atomic mass is 16.5. The maximum atomic E-state index is 11.9. The second-order valence-corrected chi connectivity index (χ2v) is 6.37. The third kappa shape index (κ3) is 5.47. The average molecular weight is 271 g/mol. The maximum Gasteiger partial charge on any atom is 0.236 e. The summed E-state index contributed by atoms with van der Waals surface area (Å²) in [7, 11) is 0. The van der Waals surface area contributed by atoms with Gasteiger partial charge in [-0.05, 0) is 26.2 Å². The number of amides is 1. The topological polar surface area (TPSA) is 67.6 Å². The summed E-state index contributed by atoms with van der Waals surface area (Å²) in [6, 6.07) is -0.402. The lowest BCUT2D eigenvalue weighted by Gasteiger charge is -2.41. The van der Waals surface area contributed by atoms with Crippen molar-refractivity contribution in [3.8, 4) is 0 Å². The standard InChI is InChI=1S/C14H29N3O2/c1-11(2)9-12(15)13(18)16-10-14(3,4)17-5-7-19-8-6-17/h11-12H,5-10,15H2,1-4H3,(H,16,18). The van der Waals surface area contributed by atoms with Gasteiger partial charge in [-0.3, -0.25) is 9.69 Å². The Bertz CT molecular complexity index is 286. The Hall–Kier alpha value is -0.650. The molecule has 1 fully saturated rings. The SMILES string of the molecule is CC(C)CC(N)C(=O)NCC(C)(C)N1CCOCC1. The molecule has 1 amide bonds. The number of rotatable bonds is 6. The van der Waals surface area contributed by atoms with Crippen LogP contribution >= 0.6 is 0 Å².